The zero-order chi connectivity index (χ0) is 18.4. The lowest BCUT2D eigenvalue weighted by molar-refractivity contribution is -0.141. The van der Waals surface area contributed by atoms with Crippen molar-refractivity contribution < 1.29 is 17.4 Å². The second-order valence-electron chi connectivity index (χ2n) is 5.36. The molecule has 0 aliphatic rings. The summed E-state index contributed by atoms with van der Waals surface area (Å²) in [4.78, 5) is 9.11. The minimum Gasteiger partial charge on any atom is -0.309 e. The lowest BCUT2D eigenvalue weighted by Gasteiger charge is -2.08. The molecule has 3 heterocycles. The van der Waals surface area contributed by atoms with Gasteiger partial charge in [-0.3, -0.25) is 4.21 Å². The van der Waals surface area contributed by atoms with E-state index in [1.165, 1.54) is 4.57 Å². The van der Waals surface area contributed by atoms with Gasteiger partial charge in [0.05, 0.1) is 15.7 Å². The molecule has 0 saturated heterocycles. The first-order chi connectivity index (χ1) is 11.7. The van der Waals surface area contributed by atoms with Crippen LogP contribution >= 0.6 is 0 Å². The first kappa shape index (κ1) is 17.5. The maximum atomic E-state index is 12.8. The normalized spacial score (nSPS) is 13.4. The van der Waals surface area contributed by atoms with Crippen molar-refractivity contribution in [1.82, 2.24) is 24.7 Å². The van der Waals surface area contributed by atoms with E-state index in [1.807, 2.05) is 0 Å². The number of alkyl halides is 3. The molecule has 132 valence electrons. The Morgan fingerprint density at radius 2 is 1.92 bits per heavy atom. The number of fused-ring (bicyclic) bond motifs is 1. The highest BCUT2D eigenvalue weighted by atomic mass is 32.2. The average molecular weight is 369 g/mol. The van der Waals surface area contributed by atoms with Crippen LogP contribution in [0.2, 0.25) is 0 Å². The summed E-state index contributed by atoms with van der Waals surface area (Å²) in [6.07, 6.45) is -4.60. The first-order valence-electron chi connectivity index (χ1n) is 7.36. The summed E-state index contributed by atoms with van der Waals surface area (Å²) in [5.74, 6) is 0.684. The molecule has 25 heavy (non-hydrogen) atoms. The first-order valence-corrected chi connectivity index (χ1v) is 8.68. The van der Waals surface area contributed by atoms with E-state index >= 15 is 0 Å². The number of nitrogens with zero attached hydrogens (tertiary/aromatic N) is 5. The van der Waals surface area contributed by atoms with Crippen molar-refractivity contribution in [3.05, 3.63) is 29.6 Å². The number of rotatable bonds is 3. The maximum absolute atomic E-state index is 12.8. The predicted molar refractivity (Wildman–Crippen MR) is 86.2 cm³/mol. The molecule has 0 amide bonds. The summed E-state index contributed by atoms with van der Waals surface area (Å²) >= 11 is 0. The Morgan fingerprint density at radius 3 is 2.56 bits per heavy atom. The van der Waals surface area contributed by atoms with Gasteiger partial charge in [0.2, 0.25) is 0 Å². The summed E-state index contributed by atoms with van der Waals surface area (Å²) in [5.41, 5.74) is 0.185. The van der Waals surface area contributed by atoms with Crippen LogP contribution in [-0.2, 0) is 24.0 Å². The van der Waals surface area contributed by atoms with Crippen LogP contribution < -0.4 is 0 Å². The van der Waals surface area contributed by atoms with Crippen LogP contribution in [0.15, 0.2) is 23.1 Å². The number of aryl methyl sites for hydroxylation is 2. The van der Waals surface area contributed by atoms with Crippen molar-refractivity contribution in [1.29, 1.82) is 0 Å². The second-order valence-corrected chi connectivity index (χ2v) is 7.07. The van der Waals surface area contributed by atoms with Gasteiger partial charge in [0.15, 0.2) is 17.2 Å². The van der Waals surface area contributed by atoms with Gasteiger partial charge in [-0.25, -0.2) is 9.97 Å². The fourth-order valence-corrected chi connectivity index (χ4v) is 3.26. The Labute approximate surface area is 143 Å². The van der Waals surface area contributed by atoms with E-state index in [0.29, 0.717) is 27.9 Å². The van der Waals surface area contributed by atoms with Gasteiger partial charge in [-0.1, -0.05) is 6.92 Å². The third-order valence-electron chi connectivity index (χ3n) is 3.62. The van der Waals surface area contributed by atoms with Crippen molar-refractivity contribution in [3.63, 3.8) is 0 Å². The molecule has 3 rings (SSSR count). The molecule has 6 nitrogen and oxygen atoms in total. The number of hydrogen-bond acceptors (Lipinski definition) is 5. The molecule has 0 bridgehead atoms. The van der Waals surface area contributed by atoms with Gasteiger partial charge in [0.25, 0.3) is 0 Å². The summed E-state index contributed by atoms with van der Waals surface area (Å²) in [5, 5.41) is 6.86. The van der Waals surface area contributed by atoms with Crippen LogP contribution in [0.3, 0.4) is 0 Å². The zero-order valence-corrected chi connectivity index (χ0v) is 14.4. The van der Waals surface area contributed by atoms with Crippen molar-refractivity contribution in [2.45, 2.75) is 24.9 Å². The summed E-state index contributed by atoms with van der Waals surface area (Å²) in [6, 6.07) is 4.28. The van der Waals surface area contributed by atoms with Gasteiger partial charge in [0.1, 0.15) is 11.2 Å². The van der Waals surface area contributed by atoms with Gasteiger partial charge in [-0.05, 0) is 19.1 Å². The topological polar surface area (TPSA) is 73.6 Å². The molecular formula is C15H14F3N5OS. The van der Waals surface area contributed by atoms with Gasteiger partial charge in [0, 0.05) is 24.6 Å². The van der Waals surface area contributed by atoms with E-state index in [9.17, 15) is 17.4 Å². The minimum atomic E-state index is -4.60. The van der Waals surface area contributed by atoms with Crippen molar-refractivity contribution in [2.75, 3.05) is 5.75 Å². The molecule has 0 aromatic carbocycles. The summed E-state index contributed by atoms with van der Waals surface area (Å²) < 4.78 is 52.3. The van der Waals surface area contributed by atoms with Crippen molar-refractivity contribution >= 4 is 22.0 Å². The fraction of sp³-hybridized carbons (Fsp3) is 0.333. The van der Waals surface area contributed by atoms with Gasteiger partial charge < -0.3 is 4.57 Å². The monoisotopic (exact) mass is 369 g/mol. The van der Waals surface area contributed by atoms with Gasteiger partial charge >= 0.3 is 6.18 Å². The molecule has 10 heteroatoms. The Balaban J connectivity index is 2.25. The Kier molecular flexibility index (Phi) is 4.31. The molecule has 0 fully saturated rings. The van der Waals surface area contributed by atoms with E-state index in [1.54, 1.807) is 33.0 Å². The zero-order valence-electron chi connectivity index (χ0n) is 13.6. The van der Waals surface area contributed by atoms with E-state index in [0.717, 1.165) is 6.07 Å². The van der Waals surface area contributed by atoms with Crippen LogP contribution in [0, 0.1) is 6.92 Å². The van der Waals surface area contributed by atoms with Crippen LogP contribution in [0.25, 0.3) is 22.7 Å². The van der Waals surface area contributed by atoms with Crippen molar-refractivity contribution in [3.8, 4) is 11.5 Å². The molecule has 0 saturated carbocycles. The minimum absolute atomic E-state index is 0.0522. The van der Waals surface area contributed by atoms with Crippen LogP contribution in [-0.4, -0.2) is 34.7 Å². The summed E-state index contributed by atoms with van der Waals surface area (Å²) in [6.45, 7) is 3.54. The molecule has 3 aromatic rings. The Bertz CT molecular complexity index is 983. The number of halogens is 3. The lowest BCUT2D eigenvalue weighted by atomic mass is 10.3. The number of imidazole rings is 1. The quantitative estimate of drug-likeness (QED) is 0.710. The van der Waals surface area contributed by atoms with E-state index in [4.69, 9.17) is 0 Å². The van der Waals surface area contributed by atoms with Gasteiger partial charge in [-0.2, -0.15) is 13.2 Å². The number of pyridine rings is 1. The second kappa shape index (κ2) is 6.17. The van der Waals surface area contributed by atoms with Crippen molar-refractivity contribution in [2.24, 2.45) is 7.05 Å². The fourth-order valence-electron chi connectivity index (χ4n) is 2.38. The molecule has 0 N–H and O–H groups in total. The third kappa shape index (κ3) is 3.13. The number of aromatic nitrogens is 5. The highest BCUT2D eigenvalue weighted by Crippen LogP contribution is 2.31. The highest BCUT2D eigenvalue weighted by molar-refractivity contribution is 7.85. The Hall–Kier alpha value is -2.36. The van der Waals surface area contributed by atoms with E-state index in [2.05, 4.69) is 20.2 Å². The average Bonchev–Trinajstić information content (AvgIpc) is 2.89. The van der Waals surface area contributed by atoms with Crippen LogP contribution in [0.5, 0.6) is 0 Å². The standard InChI is InChI=1S/C15H14F3N5OS/c1-4-25(24)10-6-5-8(2)19-12(10)14-20-9-7-11(15(16,17)18)21-22-13(9)23(14)3/h5-7H,4H2,1-3H3. The molecule has 0 aliphatic carbocycles. The third-order valence-corrected chi connectivity index (χ3v) is 4.97. The molecule has 0 radical (unpaired) electrons. The molecule has 0 spiro atoms. The summed E-state index contributed by atoms with van der Waals surface area (Å²) in [7, 11) is 0.315. The lowest BCUT2D eigenvalue weighted by Crippen LogP contribution is -2.09. The predicted octanol–water partition coefficient (Wildman–Crippen LogP) is 2.88. The maximum Gasteiger partial charge on any atom is 0.435 e. The van der Waals surface area contributed by atoms with Crippen LogP contribution in [0.1, 0.15) is 18.3 Å². The van der Waals surface area contributed by atoms with Crippen LogP contribution in [0.4, 0.5) is 13.2 Å². The van der Waals surface area contributed by atoms with E-state index in [-0.39, 0.29) is 11.2 Å². The van der Waals surface area contributed by atoms with Gasteiger partial charge in [-0.15, -0.1) is 10.2 Å². The SMILES string of the molecule is CCS(=O)c1ccc(C)nc1-c1nc2cc(C(F)(F)F)nnc2n1C. The molecule has 1 unspecified atom stereocenters. The Morgan fingerprint density at radius 1 is 1.20 bits per heavy atom. The smallest absolute Gasteiger partial charge is 0.309 e. The number of hydrogen-bond donors (Lipinski definition) is 0. The highest BCUT2D eigenvalue weighted by Gasteiger charge is 2.34. The molecular weight excluding hydrogens is 355 g/mol. The van der Waals surface area contributed by atoms with E-state index < -0.39 is 22.7 Å². The molecule has 1 atom stereocenters. The molecule has 0 aliphatic heterocycles. The largest absolute Gasteiger partial charge is 0.435 e. The molecule has 3 aromatic heterocycles.